The molecule has 6 heteroatoms. The molecule has 0 radical (unpaired) electrons. The van der Waals surface area contributed by atoms with Gasteiger partial charge in [-0.15, -0.1) is 0 Å². The molecule has 106 valence electrons. The van der Waals surface area contributed by atoms with E-state index in [9.17, 15) is 14.4 Å². The first kappa shape index (κ1) is 14.0. The van der Waals surface area contributed by atoms with Gasteiger partial charge in [-0.05, 0) is 37.1 Å². The fourth-order valence-corrected chi connectivity index (χ4v) is 2.18. The number of anilines is 1. The molecular formula is C14H16N2O4. The lowest BCUT2D eigenvalue weighted by Gasteiger charge is -2.21. The number of carbonyl (C=O) groups is 3. The Morgan fingerprint density at radius 2 is 2.15 bits per heavy atom. The molecule has 1 aromatic rings. The van der Waals surface area contributed by atoms with E-state index in [0.29, 0.717) is 30.6 Å². The van der Waals surface area contributed by atoms with Gasteiger partial charge in [-0.2, -0.15) is 0 Å². The third-order valence-corrected chi connectivity index (χ3v) is 3.36. The van der Waals surface area contributed by atoms with Gasteiger partial charge in [0.25, 0.3) is 0 Å². The second kappa shape index (κ2) is 5.73. The van der Waals surface area contributed by atoms with E-state index in [1.54, 1.807) is 19.1 Å². The number of benzene rings is 1. The quantitative estimate of drug-likeness (QED) is 0.772. The van der Waals surface area contributed by atoms with Crippen LogP contribution in [0.25, 0.3) is 0 Å². The second-order valence-corrected chi connectivity index (χ2v) is 4.86. The minimum atomic E-state index is -0.990. The van der Waals surface area contributed by atoms with Crippen LogP contribution in [0.4, 0.5) is 5.69 Å². The Labute approximate surface area is 116 Å². The van der Waals surface area contributed by atoms with Crippen LogP contribution < -0.4 is 10.6 Å². The van der Waals surface area contributed by atoms with Crippen LogP contribution in [0.1, 0.15) is 28.8 Å². The zero-order valence-corrected chi connectivity index (χ0v) is 11.1. The lowest BCUT2D eigenvalue weighted by atomic mass is 9.98. The summed E-state index contributed by atoms with van der Waals surface area (Å²) in [5.74, 6) is -1.43. The molecule has 0 aromatic heterocycles. The number of piperidine rings is 1. The van der Waals surface area contributed by atoms with Gasteiger partial charge in [-0.25, -0.2) is 4.79 Å². The van der Waals surface area contributed by atoms with Gasteiger partial charge in [0.05, 0.1) is 11.5 Å². The van der Waals surface area contributed by atoms with Crippen molar-refractivity contribution < 1.29 is 19.5 Å². The summed E-state index contributed by atoms with van der Waals surface area (Å²) in [6, 6.07) is 4.66. The van der Waals surface area contributed by atoms with Gasteiger partial charge in [0.1, 0.15) is 0 Å². The Balaban J connectivity index is 2.03. The predicted octanol–water partition coefficient (Wildman–Crippen LogP) is 1.16. The number of aryl methyl sites for hydroxylation is 1. The summed E-state index contributed by atoms with van der Waals surface area (Å²) in [6.07, 6.45) is 0.888. The maximum absolute atomic E-state index is 12.0. The van der Waals surface area contributed by atoms with Crippen LogP contribution in [-0.4, -0.2) is 29.4 Å². The normalized spacial score (nSPS) is 18.2. The molecular weight excluding hydrogens is 260 g/mol. The number of carbonyl (C=O) groups excluding carboxylic acids is 2. The van der Waals surface area contributed by atoms with Crippen molar-refractivity contribution in [2.75, 3.05) is 11.9 Å². The smallest absolute Gasteiger partial charge is 0.335 e. The molecule has 0 saturated carbocycles. The van der Waals surface area contributed by atoms with Crippen LogP contribution in [0.15, 0.2) is 18.2 Å². The molecule has 6 nitrogen and oxygen atoms in total. The lowest BCUT2D eigenvalue weighted by Crippen LogP contribution is -2.40. The van der Waals surface area contributed by atoms with Crippen LogP contribution in [0.2, 0.25) is 0 Å². The van der Waals surface area contributed by atoms with E-state index < -0.39 is 5.97 Å². The number of rotatable bonds is 3. The van der Waals surface area contributed by atoms with Crippen LogP contribution >= 0.6 is 0 Å². The Bertz CT molecular complexity index is 558. The number of amides is 2. The first-order valence-corrected chi connectivity index (χ1v) is 6.39. The number of nitrogens with one attached hydrogen (secondary N) is 2. The van der Waals surface area contributed by atoms with Crippen molar-refractivity contribution >= 4 is 23.5 Å². The molecule has 1 aliphatic heterocycles. The van der Waals surface area contributed by atoms with E-state index in [1.165, 1.54) is 6.07 Å². The molecule has 2 amide bonds. The zero-order chi connectivity index (χ0) is 14.7. The monoisotopic (exact) mass is 276 g/mol. The van der Waals surface area contributed by atoms with Crippen molar-refractivity contribution in [1.29, 1.82) is 0 Å². The van der Waals surface area contributed by atoms with Gasteiger partial charge in [-0.1, -0.05) is 0 Å². The van der Waals surface area contributed by atoms with Crippen LogP contribution in [0.5, 0.6) is 0 Å². The summed E-state index contributed by atoms with van der Waals surface area (Å²) in [6.45, 7) is 2.02. The fourth-order valence-electron chi connectivity index (χ4n) is 2.18. The maximum Gasteiger partial charge on any atom is 0.335 e. The highest BCUT2D eigenvalue weighted by Crippen LogP contribution is 2.18. The van der Waals surface area contributed by atoms with Crippen molar-refractivity contribution in [3.05, 3.63) is 29.3 Å². The molecule has 2 rings (SSSR count). The average molecular weight is 276 g/mol. The molecule has 0 spiro atoms. The summed E-state index contributed by atoms with van der Waals surface area (Å²) < 4.78 is 0. The number of carboxylic acids is 1. The lowest BCUT2D eigenvalue weighted by molar-refractivity contribution is -0.126. The van der Waals surface area contributed by atoms with E-state index in [2.05, 4.69) is 10.6 Å². The van der Waals surface area contributed by atoms with Crippen LogP contribution in [0.3, 0.4) is 0 Å². The van der Waals surface area contributed by atoms with E-state index in [1.807, 2.05) is 0 Å². The average Bonchev–Trinajstić information content (AvgIpc) is 2.39. The first-order chi connectivity index (χ1) is 9.47. The van der Waals surface area contributed by atoms with Gasteiger partial charge in [0.2, 0.25) is 11.8 Å². The molecule has 0 bridgehead atoms. The first-order valence-electron chi connectivity index (χ1n) is 6.39. The molecule has 1 aromatic carbocycles. The fraction of sp³-hybridized carbons (Fsp3) is 0.357. The van der Waals surface area contributed by atoms with E-state index in [-0.39, 0.29) is 23.3 Å². The summed E-state index contributed by atoms with van der Waals surface area (Å²) in [4.78, 5) is 34.0. The third-order valence-electron chi connectivity index (χ3n) is 3.36. The predicted molar refractivity (Wildman–Crippen MR) is 72.5 cm³/mol. The van der Waals surface area contributed by atoms with Crippen molar-refractivity contribution in [2.45, 2.75) is 19.8 Å². The van der Waals surface area contributed by atoms with Crippen molar-refractivity contribution in [3.8, 4) is 0 Å². The highest BCUT2D eigenvalue weighted by molar-refractivity contribution is 5.95. The van der Waals surface area contributed by atoms with Crippen molar-refractivity contribution in [1.82, 2.24) is 5.32 Å². The highest BCUT2D eigenvalue weighted by atomic mass is 16.4. The van der Waals surface area contributed by atoms with Gasteiger partial charge in [0, 0.05) is 18.7 Å². The largest absolute Gasteiger partial charge is 0.478 e. The third kappa shape index (κ3) is 3.14. The van der Waals surface area contributed by atoms with Gasteiger partial charge >= 0.3 is 5.97 Å². The maximum atomic E-state index is 12.0. The molecule has 1 saturated heterocycles. The van der Waals surface area contributed by atoms with Gasteiger partial charge in [-0.3, -0.25) is 9.59 Å². The molecule has 1 atom stereocenters. The summed E-state index contributed by atoms with van der Waals surface area (Å²) >= 11 is 0. The highest BCUT2D eigenvalue weighted by Gasteiger charge is 2.24. The number of hydrogen-bond acceptors (Lipinski definition) is 3. The van der Waals surface area contributed by atoms with Crippen molar-refractivity contribution in [3.63, 3.8) is 0 Å². The summed E-state index contributed by atoms with van der Waals surface area (Å²) in [7, 11) is 0. The molecule has 1 heterocycles. The molecule has 1 aliphatic rings. The summed E-state index contributed by atoms with van der Waals surface area (Å²) in [5, 5.41) is 14.3. The van der Waals surface area contributed by atoms with Crippen molar-refractivity contribution in [2.24, 2.45) is 5.92 Å². The van der Waals surface area contributed by atoms with E-state index >= 15 is 0 Å². The molecule has 1 unspecified atom stereocenters. The molecule has 0 aliphatic carbocycles. The zero-order valence-electron chi connectivity index (χ0n) is 11.1. The number of hydrogen-bond donors (Lipinski definition) is 3. The van der Waals surface area contributed by atoms with Gasteiger partial charge < -0.3 is 15.7 Å². The van der Waals surface area contributed by atoms with E-state index in [0.717, 1.165) is 0 Å². The minimum Gasteiger partial charge on any atom is -0.478 e. The minimum absolute atomic E-state index is 0.0318. The van der Waals surface area contributed by atoms with Crippen LogP contribution in [-0.2, 0) is 9.59 Å². The Morgan fingerprint density at radius 3 is 2.70 bits per heavy atom. The summed E-state index contributed by atoms with van der Waals surface area (Å²) in [5.41, 5.74) is 1.37. The standard InChI is InChI=1S/C14H16N2O4/c1-8-6-10(3-4-11(8)14(19)20)16-13(18)9-2-5-12(17)15-7-9/h3-4,6,9H,2,5,7H2,1H3,(H,15,17)(H,16,18)(H,19,20). The van der Waals surface area contributed by atoms with Crippen LogP contribution in [0, 0.1) is 12.8 Å². The Hall–Kier alpha value is -2.37. The van der Waals surface area contributed by atoms with Gasteiger partial charge in [0.15, 0.2) is 0 Å². The SMILES string of the molecule is Cc1cc(NC(=O)C2CCC(=O)NC2)ccc1C(=O)O. The Kier molecular flexibility index (Phi) is 4.02. The number of aromatic carboxylic acids is 1. The molecule has 3 N–H and O–H groups in total. The topological polar surface area (TPSA) is 95.5 Å². The molecule has 20 heavy (non-hydrogen) atoms. The molecule has 1 fully saturated rings. The number of carboxylic acid groups (broad SMARTS) is 1. The second-order valence-electron chi connectivity index (χ2n) is 4.86. The Morgan fingerprint density at radius 1 is 1.40 bits per heavy atom. The van der Waals surface area contributed by atoms with E-state index in [4.69, 9.17) is 5.11 Å².